The van der Waals surface area contributed by atoms with Crippen molar-refractivity contribution in [2.45, 2.75) is 13.8 Å². The van der Waals surface area contributed by atoms with E-state index in [9.17, 15) is 0 Å². The van der Waals surface area contributed by atoms with Gasteiger partial charge in [-0.1, -0.05) is 32.0 Å². The lowest BCUT2D eigenvalue weighted by Gasteiger charge is -2.15. The van der Waals surface area contributed by atoms with Crippen LogP contribution in [-0.4, -0.2) is 16.2 Å². The molecule has 0 unspecified atom stereocenters. The van der Waals surface area contributed by atoms with Gasteiger partial charge in [0.15, 0.2) is 0 Å². The lowest BCUT2D eigenvalue weighted by molar-refractivity contribution is 0.270. The van der Waals surface area contributed by atoms with Crippen LogP contribution >= 0.6 is 11.6 Å². The molecule has 0 spiro atoms. The van der Waals surface area contributed by atoms with Gasteiger partial charge in [-0.15, -0.1) is 0 Å². The standard InChI is InChI=1S/C15H17ClN2O/c1-11(2)9-19-15-5-4-13(16)8-14(15)12(3)18-7-6-17-10-18/h4-8,10-11H,3,9H2,1-2H3. The lowest BCUT2D eigenvalue weighted by Crippen LogP contribution is -2.07. The summed E-state index contributed by atoms with van der Waals surface area (Å²) >= 11 is 6.06. The average molecular weight is 277 g/mol. The Hall–Kier alpha value is -1.74. The van der Waals surface area contributed by atoms with E-state index in [-0.39, 0.29) is 0 Å². The van der Waals surface area contributed by atoms with Gasteiger partial charge in [0.1, 0.15) is 5.75 Å². The second kappa shape index (κ2) is 5.93. The maximum absolute atomic E-state index is 6.06. The molecule has 1 aromatic carbocycles. The lowest BCUT2D eigenvalue weighted by atomic mass is 10.1. The Balaban J connectivity index is 2.32. The molecule has 1 aromatic heterocycles. The second-order valence-corrected chi connectivity index (χ2v) is 5.20. The highest BCUT2D eigenvalue weighted by molar-refractivity contribution is 6.30. The highest BCUT2D eigenvalue weighted by atomic mass is 35.5. The molecule has 0 bridgehead atoms. The molecule has 0 saturated carbocycles. The van der Waals surface area contributed by atoms with Crippen LogP contribution in [0.15, 0.2) is 43.5 Å². The third-order valence-electron chi connectivity index (χ3n) is 2.64. The van der Waals surface area contributed by atoms with E-state index in [0.29, 0.717) is 17.5 Å². The summed E-state index contributed by atoms with van der Waals surface area (Å²) in [5.41, 5.74) is 1.67. The van der Waals surface area contributed by atoms with Crippen molar-refractivity contribution in [3.63, 3.8) is 0 Å². The van der Waals surface area contributed by atoms with E-state index in [4.69, 9.17) is 16.3 Å². The minimum Gasteiger partial charge on any atom is -0.493 e. The van der Waals surface area contributed by atoms with Gasteiger partial charge in [-0.2, -0.15) is 0 Å². The topological polar surface area (TPSA) is 27.1 Å². The highest BCUT2D eigenvalue weighted by Gasteiger charge is 2.10. The third kappa shape index (κ3) is 3.38. The molecule has 0 fully saturated rings. The predicted molar refractivity (Wildman–Crippen MR) is 78.4 cm³/mol. The molecule has 19 heavy (non-hydrogen) atoms. The van der Waals surface area contributed by atoms with Crippen molar-refractivity contribution >= 4 is 17.3 Å². The molecule has 0 amide bonds. The predicted octanol–water partition coefficient (Wildman–Crippen LogP) is 4.09. The van der Waals surface area contributed by atoms with Crippen molar-refractivity contribution < 1.29 is 4.74 Å². The fourth-order valence-corrected chi connectivity index (χ4v) is 1.84. The second-order valence-electron chi connectivity index (χ2n) is 4.76. The van der Waals surface area contributed by atoms with Crippen LogP contribution in [0.2, 0.25) is 5.02 Å². The molecule has 0 saturated heterocycles. The molecular formula is C15H17ClN2O. The van der Waals surface area contributed by atoms with Crippen LogP contribution < -0.4 is 4.74 Å². The Bertz CT molecular complexity index is 562. The van der Waals surface area contributed by atoms with E-state index >= 15 is 0 Å². The quantitative estimate of drug-likeness (QED) is 0.822. The first-order valence-corrected chi connectivity index (χ1v) is 6.55. The van der Waals surface area contributed by atoms with Crippen molar-refractivity contribution in [3.05, 3.63) is 54.1 Å². The van der Waals surface area contributed by atoms with Crippen molar-refractivity contribution in [2.75, 3.05) is 6.61 Å². The Morgan fingerprint density at radius 2 is 2.26 bits per heavy atom. The van der Waals surface area contributed by atoms with Crippen molar-refractivity contribution in [2.24, 2.45) is 5.92 Å². The van der Waals surface area contributed by atoms with E-state index in [1.165, 1.54) is 0 Å². The summed E-state index contributed by atoms with van der Waals surface area (Å²) in [6.07, 6.45) is 5.26. The fraction of sp³-hybridized carbons (Fsp3) is 0.267. The van der Waals surface area contributed by atoms with Crippen LogP contribution in [0.3, 0.4) is 0 Å². The zero-order valence-corrected chi connectivity index (χ0v) is 11.9. The maximum atomic E-state index is 6.06. The van der Waals surface area contributed by atoms with Gasteiger partial charge in [0.2, 0.25) is 0 Å². The molecule has 0 aliphatic heterocycles. The third-order valence-corrected chi connectivity index (χ3v) is 2.88. The Morgan fingerprint density at radius 1 is 1.47 bits per heavy atom. The Morgan fingerprint density at radius 3 is 2.89 bits per heavy atom. The Kier molecular flexibility index (Phi) is 4.27. The van der Waals surface area contributed by atoms with Gasteiger partial charge in [-0.3, -0.25) is 0 Å². The largest absolute Gasteiger partial charge is 0.493 e. The maximum Gasteiger partial charge on any atom is 0.128 e. The van der Waals surface area contributed by atoms with Gasteiger partial charge in [-0.25, -0.2) is 4.98 Å². The van der Waals surface area contributed by atoms with E-state index in [0.717, 1.165) is 17.0 Å². The fourth-order valence-electron chi connectivity index (χ4n) is 1.67. The summed E-state index contributed by atoms with van der Waals surface area (Å²) in [6.45, 7) is 8.96. The highest BCUT2D eigenvalue weighted by Crippen LogP contribution is 2.29. The summed E-state index contributed by atoms with van der Waals surface area (Å²) in [4.78, 5) is 4.02. The minimum absolute atomic E-state index is 0.463. The van der Waals surface area contributed by atoms with E-state index in [1.54, 1.807) is 12.5 Å². The molecule has 0 atom stereocenters. The molecule has 100 valence electrons. The number of benzene rings is 1. The minimum atomic E-state index is 0.463. The summed E-state index contributed by atoms with van der Waals surface area (Å²) < 4.78 is 7.66. The average Bonchev–Trinajstić information content (AvgIpc) is 2.90. The molecule has 1 heterocycles. The molecule has 0 N–H and O–H groups in total. The number of hydrogen-bond acceptors (Lipinski definition) is 2. The zero-order valence-electron chi connectivity index (χ0n) is 11.1. The molecular weight excluding hydrogens is 260 g/mol. The van der Waals surface area contributed by atoms with Gasteiger partial charge in [0.25, 0.3) is 0 Å². The van der Waals surface area contributed by atoms with Crippen LogP contribution in [-0.2, 0) is 0 Å². The van der Waals surface area contributed by atoms with Crippen LogP contribution in [0, 0.1) is 5.92 Å². The first kappa shape index (κ1) is 13.7. The summed E-state index contributed by atoms with van der Waals surface area (Å²) in [5.74, 6) is 1.25. The van der Waals surface area contributed by atoms with E-state index in [2.05, 4.69) is 25.4 Å². The first-order chi connectivity index (χ1) is 9.08. The summed E-state index contributed by atoms with van der Waals surface area (Å²) in [6, 6.07) is 5.56. The number of imidazole rings is 1. The zero-order chi connectivity index (χ0) is 13.8. The number of nitrogens with zero attached hydrogens (tertiary/aromatic N) is 2. The van der Waals surface area contributed by atoms with Gasteiger partial charge in [0, 0.05) is 23.0 Å². The number of halogens is 1. The van der Waals surface area contributed by atoms with Crippen LogP contribution in [0.1, 0.15) is 19.4 Å². The molecule has 2 rings (SSSR count). The van der Waals surface area contributed by atoms with Crippen LogP contribution in [0.5, 0.6) is 5.75 Å². The van der Waals surface area contributed by atoms with Crippen LogP contribution in [0.25, 0.3) is 5.70 Å². The molecule has 0 aliphatic carbocycles. The summed E-state index contributed by atoms with van der Waals surface area (Å²) in [5, 5.41) is 0.660. The normalized spacial score (nSPS) is 10.7. The van der Waals surface area contributed by atoms with Gasteiger partial charge < -0.3 is 9.30 Å². The Labute approximate surface area is 118 Å². The number of ether oxygens (including phenoxy) is 1. The first-order valence-electron chi connectivity index (χ1n) is 6.18. The SMILES string of the molecule is C=C(c1cc(Cl)ccc1OCC(C)C)n1ccnc1. The number of hydrogen-bond donors (Lipinski definition) is 0. The van der Waals surface area contributed by atoms with Crippen molar-refractivity contribution in [1.29, 1.82) is 0 Å². The molecule has 2 aromatic rings. The molecule has 4 heteroatoms. The van der Waals surface area contributed by atoms with Crippen LogP contribution in [0.4, 0.5) is 0 Å². The van der Waals surface area contributed by atoms with Crippen molar-refractivity contribution in [1.82, 2.24) is 9.55 Å². The smallest absolute Gasteiger partial charge is 0.128 e. The number of aromatic nitrogens is 2. The van der Waals surface area contributed by atoms with Gasteiger partial charge in [-0.05, 0) is 24.1 Å². The van der Waals surface area contributed by atoms with E-state index < -0.39 is 0 Å². The van der Waals surface area contributed by atoms with E-state index in [1.807, 2.05) is 29.0 Å². The summed E-state index contributed by atoms with van der Waals surface area (Å²) in [7, 11) is 0. The molecule has 0 aliphatic rings. The van der Waals surface area contributed by atoms with Crippen molar-refractivity contribution in [3.8, 4) is 5.75 Å². The van der Waals surface area contributed by atoms with Gasteiger partial charge >= 0.3 is 0 Å². The monoisotopic (exact) mass is 276 g/mol. The van der Waals surface area contributed by atoms with Gasteiger partial charge in [0.05, 0.1) is 18.6 Å². The molecule has 0 radical (unpaired) electrons. The number of rotatable bonds is 5. The molecule has 3 nitrogen and oxygen atoms in total.